The normalized spacial score (nSPS) is 10.7. The third kappa shape index (κ3) is 37.0. The van der Waals surface area contributed by atoms with Gasteiger partial charge in [-0.1, -0.05) is 181 Å². The highest BCUT2D eigenvalue weighted by Crippen LogP contribution is 2.15. The van der Waals surface area contributed by atoms with E-state index in [-0.39, 0.29) is 0 Å². The van der Waals surface area contributed by atoms with E-state index in [1.165, 1.54) is 192 Å². The van der Waals surface area contributed by atoms with E-state index in [1.54, 1.807) is 0 Å². The zero-order valence-corrected chi connectivity index (χ0v) is 28.9. The lowest BCUT2D eigenvalue weighted by Crippen LogP contribution is -2.26. The maximum atomic E-state index is 5.78. The molecular formula is C39H78N2. The number of nitrogens with zero attached hydrogens (tertiary/aromatic N) is 1. The van der Waals surface area contributed by atoms with E-state index in [0.717, 1.165) is 19.4 Å². The molecule has 0 aromatic carbocycles. The lowest BCUT2D eigenvalue weighted by Gasteiger charge is -2.27. The van der Waals surface area contributed by atoms with Crippen molar-refractivity contribution in [1.82, 2.24) is 4.90 Å². The summed E-state index contributed by atoms with van der Waals surface area (Å²) in [6.45, 7) is 14.2. The van der Waals surface area contributed by atoms with Gasteiger partial charge < -0.3 is 10.6 Å². The molecule has 0 aromatic heterocycles. The molecule has 0 heterocycles. The SMILES string of the molecule is C#CCCCCCCCC.C=C(CCN)N(CCCCCCCCC)CCCCCCCCCCCCCCCC. The van der Waals surface area contributed by atoms with E-state index in [0.29, 0.717) is 0 Å². The molecule has 0 bridgehead atoms. The molecule has 0 unspecified atom stereocenters. The molecular weight excluding hydrogens is 496 g/mol. The maximum absolute atomic E-state index is 5.78. The summed E-state index contributed by atoms with van der Waals surface area (Å²) >= 11 is 0. The summed E-state index contributed by atoms with van der Waals surface area (Å²) in [5.74, 6) is 2.66. The van der Waals surface area contributed by atoms with Crippen molar-refractivity contribution in [2.24, 2.45) is 5.73 Å². The van der Waals surface area contributed by atoms with Gasteiger partial charge in [0, 0.05) is 25.2 Å². The van der Waals surface area contributed by atoms with Crippen LogP contribution in [0.1, 0.15) is 207 Å². The molecule has 2 heteroatoms. The summed E-state index contributed by atoms with van der Waals surface area (Å²) in [5, 5.41) is 0. The average Bonchev–Trinajstić information content (AvgIpc) is 2.98. The first-order chi connectivity index (χ1) is 20.2. The van der Waals surface area contributed by atoms with Crippen LogP contribution in [0.3, 0.4) is 0 Å². The molecule has 0 spiro atoms. The Kier molecular flexibility index (Phi) is 40.2. The Morgan fingerprint density at radius 1 is 0.512 bits per heavy atom. The molecule has 0 atom stereocenters. The highest BCUT2D eigenvalue weighted by Gasteiger charge is 2.07. The van der Waals surface area contributed by atoms with Crippen molar-refractivity contribution < 1.29 is 0 Å². The zero-order valence-electron chi connectivity index (χ0n) is 28.9. The number of hydrogen-bond donors (Lipinski definition) is 1. The summed E-state index contributed by atoms with van der Waals surface area (Å²) in [6, 6.07) is 0. The molecule has 0 saturated carbocycles. The molecule has 0 fully saturated rings. The molecule has 0 amide bonds. The lowest BCUT2D eigenvalue weighted by molar-refractivity contribution is 0.314. The fourth-order valence-corrected chi connectivity index (χ4v) is 5.52. The van der Waals surface area contributed by atoms with Crippen LogP contribution in [0.5, 0.6) is 0 Å². The van der Waals surface area contributed by atoms with Gasteiger partial charge in [0.1, 0.15) is 0 Å². The Hall–Kier alpha value is -0.940. The zero-order chi connectivity index (χ0) is 30.5. The molecule has 244 valence electrons. The average molecular weight is 575 g/mol. The van der Waals surface area contributed by atoms with Gasteiger partial charge in [0.15, 0.2) is 0 Å². The number of rotatable bonds is 32. The van der Waals surface area contributed by atoms with E-state index in [4.69, 9.17) is 12.2 Å². The second-order valence-electron chi connectivity index (χ2n) is 12.5. The minimum absolute atomic E-state index is 0.727. The molecule has 2 N–H and O–H groups in total. The van der Waals surface area contributed by atoms with Crippen LogP contribution in [0.25, 0.3) is 0 Å². The molecule has 41 heavy (non-hydrogen) atoms. The number of nitrogens with two attached hydrogens (primary N) is 1. The fraction of sp³-hybridized carbons (Fsp3) is 0.897. The van der Waals surface area contributed by atoms with Gasteiger partial charge in [0.25, 0.3) is 0 Å². The smallest absolute Gasteiger partial charge is 0.0174 e. The van der Waals surface area contributed by atoms with E-state index in [2.05, 4.69) is 38.2 Å². The van der Waals surface area contributed by atoms with Crippen molar-refractivity contribution in [3.63, 3.8) is 0 Å². The van der Waals surface area contributed by atoms with Crippen molar-refractivity contribution >= 4 is 0 Å². The second kappa shape index (κ2) is 39.1. The van der Waals surface area contributed by atoms with Gasteiger partial charge >= 0.3 is 0 Å². The van der Waals surface area contributed by atoms with Crippen LogP contribution in [0.2, 0.25) is 0 Å². The van der Waals surface area contributed by atoms with Crippen LogP contribution in [0.15, 0.2) is 12.3 Å². The Morgan fingerprint density at radius 2 is 0.805 bits per heavy atom. The van der Waals surface area contributed by atoms with E-state index in [9.17, 15) is 0 Å². The Labute approximate surface area is 261 Å². The predicted molar refractivity (Wildman–Crippen MR) is 190 cm³/mol. The summed E-state index contributed by atoms with van der Waals surface area (Å²) in [5.41, 5.74) is 7.05. The van der Waals surface area contributed by atoms with Gasteiger partial charge in [-0.15, -0.1) is 12.3 Å². The molecule has 0 aliphatic carbocycles. The largest absolute Gasteiger partial charge is 0.375 e. The molecule has 0 aliphatic rings. The lowest BCUT2D eigenvalue weighted by atomic mass is 10.0. The summed E-state index contributed by atoms with van der Waals surface area (Å²) < 4.78 is 0. The summed E-state index contributed by atoms with van der Waals surface area (Å²) in [7, 11) is 0. The van der Waals surface area contributed by atoms with Crippen LogP contribution in [-0.4, -0.2) is 24.5 Å². The highest BCUT2D eigenvalue weighted by molar-refractivity contribution is 4.94. The quantitative estimate of drug-likeness (QED) is 0.0639. The van der Waals surface area contributed by atoms with Crippen molar-refractivity contribution in [3.05, 3.63) is 12.3 Å². The van der Waals surface area contributed by atoms with E-state index < -0.39 is 0 Å². The minimum Gasteiger partial charge on any atom is -0.375 e. The van der Waals surface area contributed by atoms with Gasteiger partial charge in [0.2, 0.25) is 0 Å². The first kappa shape index (κ1) is 42.2. The van der Waals surface area contributed by atoms with Gasteiger partial charge in [-0.3, -0.25) is 0 Å². The summed E-state index contributed by atoms with van der Waals surface area (Å²) in [6.07, 6.45) is 44.7. The van der Waals surface area contributed by atoms with E-state index >= 15 is 0 Å². The summed E-state index contributed by atoms with van der Waals surface area (Å²) in [4.78, 5) is 2.54. The first-order valence-electron chi connectivity index (χ1n) is 18.7. The van der Waals surface area contributed by atoms with Crippen LogP contribution in [-0.2, 0) is 0 Å². The molecule has 0 radical (unpaired) electrons. The van der Waals surface area contributed by atoms with Crippen molar-refractivity contribution in [3.8, 4) is 12.3 Å². The third-order valence-corrected chi connectivity index (χ3v) is 8.37. The second-order valence-corrected chi connectivity index (χ2v) is 12.5. The molecule has 0 saturated heterocycles. The molecule has 2 nitrogen and oxygen atoms in total. The third-order valence-electron chi connectivity index (χ3n) is 8.37. The Morgan fingerprint density at radius 3 is 1.10 bits per heavy atom. The van der Waals surface area contributed by atoms with Gasteiger partial charge in [-0.25, -0.2) is 0 Å². The monoisotopic (exact) mass is 575 g/mol. The molecule has 0 aromatic rings. The van der Waals surface area contributed by atoms with Crippen LogP contribution in [0, 0.1) is 12.3 Å². The van der Waals surface area contributed by atoms with E-state index in [1.807, 2.05) is 0 Å². The minimum atomic E-state index is 0.727. The maximum Gasteiger partial charge on any atom is 0.0174 e. The van der Waals surface area contributed by atoms with Crippen LogP contribution < -0.4 is 5.73 Å². The van der Waals surface area contributed by atoms with Crippen molar-refractivity contribution in [2.45, 2.75) is 207 Å². The number of unbranched alkanes of at least 4 members (excludes halogenated alkanes) is 25. The van der Waals surface area contributed by atoms with Crippen LogP contribution in [0.4, 0.5) is 0 Å². The first-order valence-corrected chi connectivity index (χ1v) is 18.7. The van der Waals surface area contributed by atoms with Gasteiger partial charge in [-0.2, -0.15) is 0 Å². The highest BCUT2D eigenvalue weighted by atomic mass is 15.1. The fourth-order valence-electron chi connectivity index (χ4n) is 5.52. The predicted octanol–water partition coefficient (Wildman–Crippen LogP) is 12.8. The molecule has 0 rings (SSSR count). The molecule has 0 aliphatic heterocycles. The Balaban J connectivity index is 0. The van der Waals surface area contributed by atoms with Gasteiger partial charge in [-0.05, 0) is 32.2 Å². The van der Waals surface area contributed by atoms with Gasteiger partial charge in [0.05, 0.1) is 0 Å². The number of terminal acetylenes is 1. The number of hydrogen-bond acceptors (Lipinski definition) is 2. The Bertz CT molecular complexity index is 520. The standard InChI is InChI=1S/C29H60N2.C10H18/c1-4-6-8-10-12-13-14-15-16-17-18-20-22-24-28-31(29(3)25-26-30)27-23-21-19-11-9-7-5-2;1-3-5-7-9-10-8-6-4-2/h3-28,30H2,1-2H3;1H,4-10H2,2H3. The van der Waals surface area contributed by atoms with Crippen molar-refractivity contribution in [1.29, 1.82) is 0 Å². The van der Waals surface area contributed by atoms with Crippen LogP contribution >= 0.6 is 0 Å². The van der Waals surface area contributed by atoms with Crippen molar-refractivity contribution in [2.75, 3.05) is 19.6 Å². The topological polar surface area (TPSA) is 29.3 Å².